The van der Waals surface area contributed by atoms with Gasteiger partial charge in [-0.15, -0.1) is 10.2 Å². The van der Waals surface area contributed by atoms with Crippen LogP contribution in [0.5, 0.6) is 0 Å². The van der Waals surface area contributed by atoms with Crippen molar-refractivity contribution in [1.82, 2.24) is 25.4 Å². The van der Waals surface area contributed by atoms with Gasteiger partial charge in [-0.2, -0.15) is 0 Å². The monoisotopic (exact) mass is 363 g/mol. The van der Waals surface area contributed by atoms with Crippen LogP contribution < -0.4 is 10.6 Å². The second-order valence-corrected chi connectivity index (χ2v) is 7.33. The summed E-state index contributed by atoms with van der Waals surface area (Å²) in [6.07, 6.45) is 7.38. The first-order chi connectivity index (χ1) is 12.1. The van der Waals surface area contributed by atoms with E-state index in [1.165, 1.54) is 11.8 Å². The zero-order valence-corrected chi connectivity index (χ0v) is 14.8. The van der Waals surface area contributed by atoms with Crippen LogP contribution in [0.1, 0.15) is 38.4 Å². The van der Waals surface area contributed by atoms with Gasteiger partial charge >= 0.3 is 6.03 Å². The lowest BCUT2D eigenvalue weighted by molar-refractivity contribution is -0.119. The molecule has 3 rings (SSSR count). The SMILES string of the molecule is C[C@H](Sc1nncn1Cc1ccco1)C(=O)NC(=O)NC1CCCC1. The molecular weight excluding hydrogens is 342 g/mol. The molecule has 25 heavy (non-hydrogen) atoms. The summed E-state index contributed by atoms with van der Waals surface area (Å²) in [5.74, 6) is 0.419. The quantitative estimate of drug-likeness (QED) is 0.763. The summed E-state index contributed by atoms with van der Waals surface area (Å²) in [6, 6.07) is 3.41. The van der Waals surface area contributed by atoms with E-state index in [0.29, 0.717) is 11.7 Å². The van der Waals surface area contributed by atoms with E-state index in [9.17, 15) is 9.59 Å². The molecule has 1 aliphatic rings. The van der Waals surface area contributed by atoms with Gasteiger partial charge in [0.15, 0.2) is 5.16 Å². The smallest absolute Gasteiger partial charge is 0.321 e. The molecule has 1 saturated carbocycles. The topological polar surface area (TPSA) is 102 Å². The molecule has 2 heterocycles. The van der Waals surface area contributed by atoms with Crippen LogP contribution in [-0.4, -0.2) is 38.0 Å². The minimum atomic E-state index is -0.478. The Morgan fingerprint density at radius 2 is 2.24 bits per heavy atom. The van der Waals surface area contributed by atoms with Crippen molar-refractivity contribution >= 4 is 23.7 Å². The molecule has 0 aliphatic heterocycles. The number of amides is 3. The molecule has 9 heteroatoms. The van der Waals surface area contributed by atoms with Gasteiger partial charge in [-0.3, -0.25) is 10.1 Å². The molecule has 1 aliphatic carbocycles. The third kappa shape index (κ3) is 4.85. The molecule has 1 fully saturated rings. The van der Waals surface area contributed by atoms with Gasteiger partial charge in [-0.05, 0) is 31.9 Å². The number of furan rings is 1. The second kappa shape index (κ2) is 8.19. The lowest BCUT2D eigenvalue weighted by Crippen LogP contribution is -2.45. The summed E-state index contributed by atoms with van der Waals surface area (Å²) in [5, 5.41) is 13.3. The van der Waals surface area contributed by atoms with E-state index in [2.05, 4.69) is 20.8 Å². The number of hydrogen-bond donors (Lipinski definition) is 2. The van der Waals surface area contributed by atoms with Gasteiger partial charge < -0.3 is 14.3 Å². The van der Waals surface area contributed by atoms with E-state index in [1.807, 2.05) is 12.1 Å². The summed E-state index contributed by atoms with van der Waals surface area (Å²) in [4.78, 5) is 24.1. The van der Waals surface area contributed by atoms with Crippen LogP contribution in [0.15, 0.2) is 34.3 Å². The summed E-state index contributed by atoms with van der Waals surface area (Å²) in [5.41, 5.74) is 0. The Bertz CT molecular complexity index is 709. The first kappa shape index (κ1) is 17.5. The lowest BCUT2D eigenvalue weighted by atomic mass is 10.2. The van der Waals surface area contributed by atoms with Crippen LogP contribution >= 0.6 is 11.8 Å². The molecule has 2 aromatic rings. The predicted molar refractivity (Wildman–Crippen MR) is 92.1 cm³/mol. The number of nitrogens with one attached hydrogen (secondary N) is 2. The van der Waals surface area contributed by atoms with E-state index in [0.717, 1.165) is 31.4 Å². The lowest BCUT2D eigenvalue weighted by Gasteiger charge is -2.14. The van der Waals surface area contributed by atoms with Gasteiger partial charge in [-0.25, -0.2) is 4.79 Å². The standard InChI is InChI=1S/C16H21N5O3S/c1-11(14(22)19-15(23)18-12-5-2-3-6-12)25-16-20-17-10-21(16)9-13-7-4-8-24-13/h4,7-8,10-12H,2-3,5-6,9H2,1H3,(H2,18,19,22,23)/t11-/m0/s1. The number of hydrogen-bond acceptors (Lipinski definition) is 6. The van der Waals surface area contributed by atoms with Gasteiger partial charge in [0.05, 0.1) is 18.1 Å². The van der Waals surface area contributed by atoms with Crippen LogP contribution in [0, 0.1) is 0 Å². The van der Waals surface area contributed by atoms with E-state index in [-0.39, 0.29) is 11.9 Å². The average molecular weight is 363 g/mol. The normalized spacial score (nSPS) is 15.9. The first-order valence-electron chi connectivity index (χ1n) is 8.30. The van der Waals surface area contributed by atoms with Crippen molar-refractivity contribution in [1.29, 1.82) is 0 Å². The third-order valence-corrected chi connectivity index (χ3v) is 5.16. The zero-order valence-electron chi connectivity index (χ0n) is 14.0. The van der Waals surface area contributed by atoms with E-state index < -0.39 is 11.3 Å². The van der Waals surface area contributed by atoms with E-state index >= 15 is 0 Å². The van der Waals surface area contributed by atoms with Crippen molar-refractivity contribution in [2.24, 2.45) is 0 Å². The van der Waals surface area contributed by atoms with Gasteiger partial charge in [-0.1, -0.05) is 24.6 Å². The summed E-state index contributed by atoms with van der Waals surface area (Å²) < 4.78 is 7.11. The maximum atomic E-state index is 12.2. The molecule has 0 unspecified atom stereocenters. The fourth-order valence-electron chi connectivity index (χ4n) is 2.73. The van der Waals surface area contributed by atoms with Gasteiger partial charge in [0, 0.05) is 6.04 Å². The molecule has 0 bridgehead atoms. The first-order valence-corrected chi connectivity index (χ1v) is 9.18. The Kier molecular flexibility index (Phi) is 5.75. The number of carbonyl (C=O) groups excluding carboxylic acids is 2. The van der Waals surface area contributed by atoms with Crippen molar-refractivity contribution in [3.63, 3.8) is 0 Å². The van der Waals surface area contributed by atoms with Crippen molar-refractivity contribution in [3.05, 3.63) is 30.5 Å². The highest BCUT2D eigenvalue weighted by molar-refractivity contribution is 8.00. The molecule has 0 spiro atoms. The molecular formula is C16H21N5O3S. The van der Waals surface area contributed by atoms with Gasteiger partial charge in [0.2, 0.25) is 5.91 Å². The number of urea groups is 1. The Balaban J connectivity index is 1.51. The Morgan fingerprint density at radius 3 is 2.96 bits per heavy atom. The van der Waals surface area contributed by atoms with Crippen molar-refractivity contribution in [2.45, 2.75) is 55.6 Å². The molecule has 0 radical (unpaired) electrons. The predicted octanol–water partition coefficient (Wildman–Crippen LogP) is 2.17. The highest BCUT2D eigenvalue weighted by atomic mass is 32.2. The third-order valence-electron chi connectivity index (χ3n) is 4.06. The minimum Gasteiger partial charge on any atom is -0.467 e. The van der Waals surface area contributed by atoms with Crippen molar-refractivity contribution in [3.8, 4) is 0 Å². The van der Waals surface area contributed by atoms with Crippen LogP contribution in [0.25, 0.3) is 0 Å². The summed E-state index contributed by atoms with van der Waals surface area (Å²) >= 11 is 1.25. The Hall–Kier alpha value is -2.29. The minimum absolute atomic E-state index is 0.173. The molecule has 0 saturated heterocycles. The van der Waals surface area contributed by atoms with Crippen LogP contribution in [0.2, 0.25) is 0 Å². The number of nitrogens with zero attached hydrogens (tertiary/aromatic N) is 3. The average Bonchev–Trinajstić information content (AvgIpc) is 3.31. The molecule has 8 nitrogen and oxygen atoms in total. The van der Waals surface area contributed by atoms with Gasteiger partial charge in [0.1, 0.15) is 12.1 Å². The summed E-state index contributed by atoms with van der Waals surface area (Å²) in [7, 11) is 0. The molecule has 1 atom stereocenters. The number of imide groups is 1. The molecule has 134 valence electrons. The van der Waals surface area contributed by atoms with Crippen LogP contribution in [0.4, 0.5) is 4.79 Å². The van der Waals surface area contributed by atoms with Crippen molar-refractivity contribution in [2.75, 3.05) is 0 Å². The molecule has 3 amide bonds. The van der Waals surface area contributed by atoms with Crippen LogP contribution in [0.3, 0.4) is 0 Å². The number of carbonyl (C=O) groups is 2. The molecule has 2 aromatic heterocycles. The molecule has 0 aromatic carbocycles. The Morgan fingerprint density at radius 1 is 1.44 bits per heavy atom. The van der Waals surface area contributed by atoms with Crippen molar-refractivity contribution < 1.29 is 14.0 Å². The van der Waals surface area contributed by atoms with Gasteiger partial charge in [0.25, 0.3) is 0 Å². The summed E-state index contributed by atoms with van der Waals surface area (Å²) in [6.45, 7) is 2.22. The molecule has 2 N–H and O–H groups in total. The number of rotatable bonds is 6. The maximum Gasteiger partial charge on any atom is 0.321 e. The van der Waals surface area contributed by atoms with E-state index in [1.54, 1.807) is 24.1 Å². The fraction of sp³-hybridized carbons (Fsp3) is 0.500. The largest absolute Gasteiger partial charge is 0.467 e. The number of thioether (sulfide) groups is 1. The fourth-order valence-corrected chi connectivity index (χ4v) is 3.55. The number of aromatic nitrogens is 3. The maximum absolute atomic E-state index is 12.2. The highest BCUT2D eigenvalue weighted by Crippen LogP contribution is 2.22. The van der Waals surface area contributed by atoms with Crippen LogP contribution in [-0.2, 0) is 11.3 Å². The Labute approximate surface area is 149 Å². The highest BCUT2D eigenvalue weighted by Gasteiger charge is 2.22. The second-order valence-electron chi connectivity index (χ2n) is 6.02. The van der Waals surface area contributed by atoms with E-state index in [4.69, 9.17) is 4.42 Å². The zero-order chi connectivity index (χ0) is 17.6.